The number of hydrogen-bond acceptors (Lipinski definition) is 2. The summed E-state index contributed by atoms with van der Waals surface area (Å²) in [5.74, 6) is 0.938. The zero-order chi connectivity index (χ0) is 14.2. The minimum absolute atomic E-state index is 0.0347. The molecule has 0 atom stereocenters. The maximum absolute atomic E-state index is 12.2. The molecule has 1 aromatic heterocycles. The topological polar surface area (TPSA) is 56.9 Å². The summed E-state index contributed by atoms with van der Waals surface area (Å²) in [4.78, 5) is 15.6. The number of H-pyrrole nitrogens is 1. The number of para-hydroxylation sites is 2. The summed E-state index contributed by atoms with van der Waals surface area (Å²) in [6, 6.07) is 15.8. The second-order valence-corrected chi connectivity index (χ2v) is 5.20. The number of anilines is 2. The molecule has 0 aliphatic carbocycles. The lowest BCUT2D eigenvalue weighted by Gasteiger charge is -2.09. The molecule has 0 spiro atoms. The second kappa shape index (κ2) is 4.66. The van der Waals surface area contributed by atoms with E-state index >= 15 is 0 Å². The quantitative estimate of drug-likeness (QED) is 0.591. The van der Waals surface area contributed by atoms with Crippen molar-refractivity contribution in [2.24, 2.45) is 0 Å². The van der Waals surface area contributed by atoms with Gasteiger partial charge >= 0.3 is 0 Å². The molecule has 21 heavy (non-hydrogen) atoms. The second-order valence-electron chi connectivity index (χ2n) is 5.20. The lowest BCUT2D eigenvalue weighted by molar-refractivity contribution is 0.0955. The monoisotopic (exact) mass is 277 g/mol. The Balaban J connectivity index is 1.91. The molecule has 1 aliphatic heterocycles. The Kier molecular flexibility index (Phi) is 2.67. The smallest absolute Gasteiger partial charge is 0.253 e. The van der Waals surface area contributed by atoms with Gasteiger partial charge in [-0.2, -0.15) is 0 Å². The van der Waals surface area contributed by atoms with Gasteiger partial charge in [-0.15, -0.1) is 0 Å². The van der Waals surface area contributed by atoms with Gasteiger partial charge in [0.25, 0.3) is 5.91 Å². The van der Waals surface area contributed by atoms with Crippen molar-refractivity contribution >= 4 is 28.3 Å². The van der Waals surface area contributed by atoms with Crippen molar-refractivity contribution in [2.45, 2.75) is 6.42 Å². The van der Waals surface area contributed by atoms with Gasteiger partial charge in [-0.25, -0.2) is 0 Å². The van der Waals surface area contributed by atoms with Crippen molar-refractivity contribution in [2.75, 3.05) is 11.9 Å². The lowest BCUT2D eigenvalue weighted by atomic mass is 10.1. The molecule has 4 heteroatoms. The minimum Gasteiger partial charge on any atom is -0.352 e. The van der Waals surface area contributed by atoms with Gasteiger partial charge in [0.15, 0.2) is 0 Å². The number of aromatic nitrogens is 1. The fourth-order valence-corrected chi connectivity index (χ4v) is 2.89. The Morgan fingerprint density at radius 1 is 0.952 bits per heavy atom. The number of carbonyl (C=O) groups is 1. The Morgan fingerprint density at radius 2 is 1.76 bits per heavy atom. The van der Waals surface area contributed by atoms with Gasteiger partial charge in [0.05, 0.1) is 11.3 Å². The van der Waals surface area contributed by atoms with Crippen LogP contribution in [0.15, 0.2) is 48.5 Å². The molecular formula is C17H15N3O. The van der Waals surface area contributed by atoms with Gasteiger partial charge in [0.1, 0.15) is 5.82 Å². The normalized spacial score (nSPS) is 14.2. The van der Waals surface area contributed by atoms with E-state index in [0.717, 1.165) is 23.4 Å². The number of aromatic amines is 1. The molecule has 4 nitrogen and oxygen atoms in total. The van der Waals surface area contributed by atoms with E-state index in [1.165, 1.54) is 10.9 Å². The Bertz CT molecular complexity index is 835. The average molecular weight is 277 g/mol. The van der Waals surface area contributed by atoms with Crippen LogP contribution in [-0.4, -0.2) is 17.4 Å². The number of amides is 1. The molecule has 1 amide bonds. The summed E-state index contributed by atoms with van der Waals surface area (Å²) in [6.07, 6.45) is 0.798. The lowest BCUT2D eigenvalue weighted by Crippen LogP contribution is -2.25. The van der Waals surface area contributed by atoms with Crippen LogP contribution in [0.3, 0.4) is 0 Å². The summed E-state index contributed by atoms with van der Waals surface area (Å²) in [5.41, 5.74) is 3.82. The fourth-order valence-electron chi connectivity index (χ4n) is 2.89. The molecule has 104 valence electrons. The molecule has 0 unspecified atom stereocenters. The van der Waals surface area contributed by atoms with Crippen molar-refractivity contribution < 1.29 is 4.79 Å². The highest BCUT2D eigenvalue weighted by atomic mass is 16.1. The van der Waals surface area contributed by atoms with E-state index in [4.69, 9.17) is 0 Å². The number of nitrogens with one attached hydrogen (secondary N) is 3. The molecule has 3 N–H and O–H groups in total. The van der Waals surface area contributed by atoms with Crippen LogP contribution in [0.5, 0.6) is 0 Å². The number of fused-ring (bicyclic) bond motifs is 4. The molecule has 0 bridgehead atoms. The summed E-state index contributed by atoms with van der Waals surface area (Å²) in [7, 11) is 0. The third-order valence-electron chi connectivity index (χ3n) is 3.91. The predicted octanol–water partition coefficient (Wildman–Crippen LogP) is 3.20. The van der Waals surface area contributed by atoms with Crippen molar-refractivity contribution in [1.29, 1.82) is 0 Å². The van der Waals surface area contributed by atoms with Gasteiger partial charge in [-0.05, 0) is 24.6 Å². The summed E-state index contributed by atoms with van der Waals surface area (Å²) >= 11 is 0. The van der Waals surface area contributed by atoms with Gasteiger partial charge in [0.2, 0.25) is 0 Å². The Labute approximate surface area is 122 Å². The minimum atomic E-state index is -0.0347. The zero-order valence-electron chi connectivity index (χ0n) is 11.4. The average Bonchev–Trinajstić information content (AvgIpc) is 2.87. The maximum Gasteiger partial charge on any atom is 0.253 e. The largest absolute Gasteiger partial charge is 0.352 e. The molecule has 2 aromatic carbocycles. The van der Waals surface area contributed by atoms with Crippen LogP contribution < -0.4 is 10.6 Å². The highest BCUT2D eigenvalue weighted by Crippen LogP contribution is 2.30. The molecule has 2 heterocycles. The summed E-state index contributed by atoms with van der Waals surface area (Å²) in [5, 5.41) is 7.57. The standard InChI is InChI=1S/C17H15N3O/c21-17-13-6-2-4-8-15(13)20-16-12(9-10-18-17)11-5-1-3-7-14(11)19-16/h1-8,19-20H,9-10H2,(H,18,21). The molecule has 0 saturated heterocycles. The van der Waals surface area contributed by atoms with Crippen LogP contribution in [0, 0.1) is 0 Å². The Hall–Kier alpha value is -2.75. The first-order valence-electron chi connectivity index (χ1n) is 7.07. The van der Waals surface area contributed by atoms with E-state index in [1.54, 1.807) is 0 Å². The molecule has 3 aromatic rings. The van der Waals surface area contributed by atoms with E-state index in [-0.39, 0.29) is 5.91 Å². The van der Waals surface area contributed by atoms with E-state index in [1.807, 2.05) is 36.4 Å². The van der Waals surface area contributed by atoms with Crippen LogP contribution in [0.25, 0.3) is 10.9 Å². The molecule has 4 rings (SSSR count). The SMILES string of the molecule is O=C1NCCc2c([nH]c3ccccc23)Nc2ccccc21. The van der Waals surface area contributed by atoms with Crippen LogP contribution >= 0.6 is 0 Å². The number of rotatable bonds is 0. The molecule has 0 radical (unpaired) electrons. The summed E-state index contributed by atoms with van der Waals surface area (Å²) in [6.45, 7) is 0.629. The first-order valence-corrected chi connectivity index (χ1v) is 7.07. The van der Waals surface area contributed by atoms with Crippen molar-refractivity contribution in [3.05, 3.63) is 59.7 Å². The van der Waals surface area contributed by atoms with Gasteiger partial charge in [-0.1, -0.05) is 30.3 Å². The van der Waals surface area contributed by atoms with Crippen LogP contribution in [0.4, 0.5) is 11.5 Å². The van der Waals surface area contributed by atoms with Gasteiger partial charge < -0.3 is 15.6 Å². The van der Waals surface area contributed by atoms with Crippen molar-refractivity contribution in [3.63, 3.8) is 0 Å². The van der Waals surface area contributed by atoms with Crippen molar-refractivity contribution in [3.8, 4) is 0 Å². The Morgan fingerprint density at radius 3 is 2.71 bits per heavy atom. The van der Waals surface area contributed by atoms with E-state index in [0.29, 0.717) is 12.1 Å². The van der Waals surface area contributed by atoms with Crippen LogP contribution in [0.1, 0.15) is 15.9 Å². The number of hydrogen-bond donors (Lipinski definition) is 3. The van der Waals surface area contributed by atoms with Crippen LogP contribution in [-0.2, 0) is 6.42 Å². The highest BCUT2D eigenvalue weighted by molar-refractivity contribution is 6.01. The zero-order valence-corrected chi connectivity index (χ0v) is 11.4. The number of carbonyl (C=O) groups excluding carboxylic acids is 1. The predicted molar refractivity (Wildman–Crippen MR) is 84.1 cm³/mol. The van der Waals surface area contributed by atoms with E-state index in [9.17, 15) is 4.79 Å². The first kappa shape index (κ1) is 12.0. The third kappa shape index (κ3) is 1.96. The maximum atomic E-state index is 12.2. The molecular weight excluding hydrogens is 262 g/mol. The van der Waals surface area contributed by atoms with Gasteiger partial charge in [0, 0.05) is 23.0 Å². The fraction of sp³-hybridized carbons (Fsp3) is 0.118. The molecule has 0 saturated carbocycles. The summed E-state index contributed by atoms with van der Waals surface area (Å²) < 4.78 is 0. The molecule has 0 fully saturated rings. The van der Waals surface area contributed by atoms with E-state index in [2.05, 4.69) is 27.8 Å². The molecule has 1 aliphatic rings. The van der Waals surface area contributed by atoms with Crippen LogP contribution in [0.2, 0.25) is 0 Å². The third-order valence-corrected chi connectivity index (χ3v) is 3.91. The highest BCUT2D eigenvalue weighted by Gasteiger charge is 2.17. The van der Waals surface area contributed by atoms with E-state index < -0.39 is 0 Å². The van der Waals surface area contributed by atoms with Crippen molar-refractivity contribution in [1.82, 2.24) is 10.3 Å². The van der Waals surface area contributed by atoms with Gasteiger partial charge in [-0.3, -0.25) is 4.79 Å². The first-order chi connectivity index (χ1) is 10.3. The number of benzene rings is 2.